The Balaban J connectivity index is 1.84. The molecule has 0 spiro atoms. The molecule has 0 aliphatic carbocycles. The Morgan fingerprint density at radius 2 is 1.77 bits per heavy atom. The second-order valence-electron chi connectivity index (χ2n) is 7.85. The van der Waals surface area contributed by atoms with Crippen LogP contribution in [0, 0.1) is 6.92 Å². The molecule has 0 unspecified atom stereocenters. The first-order valence-electron chi connectivity index (χ1n) is 10.8. The highest BCUT2D eigenvalue weighted by Crippen LogP contribution is 2.37. The molecule has 0 fully saturated rings. The lowest BCUT2D eigenvalue weighted by molar-refractivity contribution is -0.142. The van der Waals surface area contributed by atoms with E-state index in [1.54, 1.807) is 12.1 Å². The van der Waals surface area contributed by atoms with Crippen molar-refractivity contribution in [2.75, 3.05) is 26.6 Å². The molecule has 4 aromatic rings. The van der Waals surface area contributed by atoms with Gasteiger partial charge in [0.1, 0.15) is 20.7 Å². The van der Waals surface area contributed by atoms with Crippen molar-refractivity contribution < 1.29 is 41.8 Å². The summed E-state index contributed by atoms with van der Waals surface area (Å²) in [6.07, 6.45) is -4.89. The van der Waals surface area contributed by atoms with E-state index in [0.717, 1.165) is 20.3 Å². The van der Waals surface area contributed by atoms with Gasteiger partial charge in [-0.2, -0.15) is 18.3 Å². The number of esters is 2. The molecule has 1 N–H and O–H groups in total. The highest BCUT2D eigenvalue weighted by molar-refractivity contribution is 7.18. The first-order chi connectivity index (χ1) is 18.4. The van der Waals surface area contributed by atoms with E-state index < -0.39 is 46.1 Å². The summed E-state index contributed by atoms with van der Waals surface area (Å²) in [6, 6.07) is 6.98. The monoisotopic (exact) mass is 582 g/mol. The van der Waals surface area contributed by atoms with Crippen molar-refractivity contribution in [2.24, 2.45) is 0 Å². The summed E-state index contributed by atoms with van der Waals surface area (Å²) >= 11 is 7.05. The maximum Gasteiger partial charge on any atom is 0.433 e. The lowest BCUT2D eigenvalue weighted by Crippen LogP contribution is -2.16. The van der Waals surface area contributed by atoms with Crippen molar-refractivity contribution in [3.8, 4) is 17.0 Å². The molecule has 1 aromatic carbocycles. The summed E-state index contributed by atoms with van der Waals surface area (Å²) in [6.45, 7) is 1.45. The van der Waals surface area contributed by atoms with E-state index in [0.29, 0.717) is 27.2 Å². The molecule has 0 aliphatic rings. The molecule has 0 radical (unpaired) electrons. The lowest BCUT2D eigenvalue weighted by Gasteiger charge is -2.11. The van der Waals surface area contributed by atoms with Crippen LogP contribution in [0.25, 0.3) is 16.9 Å². The van der Waals surface area contributed by atoms with Crippen molar-refractivity contribution in [3.63, 3.8) is 0 Å². The number of aromatic nitrogens is 3. The van der Waals surface area contributed by atoms with Gasteiger partial charge in [-0.15, -0.1) is 11.3 Å². The molecule has 10 nitrogen and oxygen atoms in total. The van der Waals surface area contributed by atoms with Crippen LogP contribution in [0.4, 0.5) is 18.2 Å². The Labute approximate surface area is 227 Å². The highest BCUT2D eigenvalue weighted by atomic mass is 35.5. The van der Waals surface area contributed by atoms with Crippen LogP contribution in [0.5, 0.6) is 5.75 Å². The molecule has 0 atom stereocenters. The predicted octanol–water partition coefficient (Wildman–Crippen LogP) is 5.27. The van der Waals surface area contributed by atoms with Crippen LogP contribution in [-0.2, 0) is 15.7 Å². The fourth-order valence-corrected chi connectivity index (χ4v) is 5.02. The quantitative estimate of drug-likeness (QED) is 0.305. The summed E-state index contributed by atoms with van der Waals surface area (Å²) in [7, 11) is 3.65. The van der Waals surface area contributed by atoms with Crippen LogP contribution in [0.1, 0.15) is 41.8 Å². The molecule has 0 aliphatic heterocycles. The fraction of sp³-hybridized carbons (Fsp3) is 0.208. The summed E-state index contributed by atoms with van der Waals surface area (Å²) in [5.41, 5.74) is -2.00. The van der Waals surface area contributed by atoms with Gasteiger partial charge in [-0.1, -0.05) is 23.7 Å². The zero-order valence-corrected chi connectivity index (χ0v) is 22.2. The Morgan fingerprint density at radius 1 is 1.08 bits per heavy atom. The minimum atomic E-state index is -4.89. The SMILES string of the molecule is COC(=O)c1sc(NC(=O)c2nn3c(C(F)(F)F)cc(-c4cccc(OC)c4)nc3c2Cl)c(C(=O)OC)c1C. The number of ether oxygens (including phenoxy) is 3. The summed E-state index contributed by atoms with van der Waals surface area (Å²) in [5.74, 6) is -2.29. The number of fused-ring (bicyclic) bond motifs is 1. The molecule has 0 saturated carbocycles. The zero-order valence-electron chi connectivity index (χ0n) is 20.6. The smallest absolute Gasteiger partial charge is 0.433 e. The fourth-order valence-electron chi connectivity index (χ4n) is 3.67. The number of benzene rings is 1. The third kappa shape index (κ3) is 5.12. The predicted molar refractivity (Wildman–Crippen MR) is 135 cm³/mol. The Kier molecular flexibility index (Phi) is 7.52. The molecular formula is C24H18ClF3N4O6S. The molecule has 4 rings (SSSR count). The van der Waals surface area contributed by atoms with Gasteiger partial charge in [0.05, 0.1) is 32.6 Å². The number of hydrogen-bond acceptors (Lipinski definition) is 9. The molecule has 3 aromatic heterocycles. The van der Waals surface area contributed by atoms with Gasteiger partial charge in [-0.3, -0.25) is 4.79 Å². The van der Waals surface area contributed by atoms with Crippen molar-refractivity contribution in [1.29, 1.82) is 0 Å². The van der Waals surface area contributed by atoms with Crippen LogP contribution in [0.2, 0.25) is 5.02 Å². The van der Waals surface area contributed by atoms with Crippen molar-refractivity contribution >= 4 is 51.4 Å². The van der Waals surface area contributed by atoms with Crippen LogP contribution in [0.3, 0.4) is 0 Å². The summed E-state index contributed by atoms with van der Waals surface area (Å²) < 4.78 is 57.1. The number of nitrogens with one attached hydrogen (secondary N) is 1. The van der Waals surface area contributed by atoms with Crippen LogP contribution < -0.4 is 10.1 Å². The average Bonchev–Trinajstić information content (AvgIpc) is 3.42. The van der Waals surface area contributed by atoms with E-state index in [2.05, 4.69) is 15.4 Å². The lowest BCUT2D eigenvalue weighted by atomic mass is 10.1. The number of halogens is 4. The maximum atomic E-state index is 14.0. The van der Waals surface area contributed by atoms with Gasteiger partial charge in [-0.05, 0) is 30.7 Å². The van der Waals surface area contributed by atoms with Crippen molar-refractivity contribution in [3.05, 3.63) is 62.7 Å². The number of alkyl halides is 3. The third-order valence-corrected chi connectivity index (χ3v) is 7.07. The molecule has 204 valence electrons. The Morgan fingerprint density at radius 3 is 2.38 bits per heavy atom. The zero-order chi connectivity index (χ0) is 28.6. The first kappa shape index (κ1) is 27.9. The minimum Gasteiger partial charge on any atom is -0.497 e. The number of amides is 1. The second kappa shape index (κ2) is 10.5. The van der Waals surface area contributed by atoms with Gasteiger partial charge in [0.2, 0.25) is 0 Å². The molecule has 1 amide bonds. The third-order valence-electron chi connectivity index (χ3n) is 5.54. The second-order valence-corrected chi connectivity index (χ2v) is 9.25. The molecule has 3 heterocycles. The Hall–Kier alpha value is -4.17. The van der Waals surface area contributed by atoms with Crippen molar-refractivity contribution in [1.82, 2.24) is 14.6 Å². The summed E-state index contributed by atoms with van der Waals surface area (Å²) in [4.78, 5) is 41.9. The number of thiophene rings is 1. The topological polar surface area (TPSA) is 121 Å². The van der Waals surface area contributed by atoms with Crippen LogP contribution >= 0.6 is 22.9 Å². The highest BCUT2D eigenvalue weighted by Gasteiger charge is 2.37. The summed E-state index contributed by atoms with van der Waals surface area (Å²) in [5, 5.41) is 5.59. The minimum absolute atomic E-state index is 0.0123. The van der Waals surface area contributed by atoms with E-state index >= 15 is 0 Å². The van der Waals surface area contributed by atoms with Crippen molar-refractivity contribution in [2.45, 2.75) is 13.1 Å². The first-order valence-corrected chi connectivity index (χ1v) is 12.0. The van der Waals surface area contributed by atoms with E-state index in [1.165, 1.54) is 26.2 Å². The van der Waals surface area contributed by atoms with E-state index in [-0.39, 0.29) is 26.7 Å². The number of nitrogens with zero attached hydrogens (tertiary/aromatic N) is 3. The number of anilines is 1. The molecular weight excluding hydrogens is 565 g/mol. The van der Waals surface area contributed by atoms with Gasteiger partial charge >= 0.3 is 18.1 Å². The van der Waals surface area contributed by atoms with E-state index in [9.17, 15) is 27.6 Å². The number of carbonyl (C=O) groups excluding carboxylic acids is 3. The maximum absolute atomic E-state index is 14.0. The van der Waals surface area contributed by atoms with E-state index in [1.807, 2.05) is 0 Å². The normalized spacial score (nSPS) is 11.4. The van der Waals surface area contributed by atoms with E-state index in [4.69, 9.17) is 25.8 Å². The van der Waals surface area contributed by atoms with Crippen LogP contribution in [-0.4, -0.2) is 53.8 Å². The number of carbonyl (C=O) groups is 3. The van der Waals surface area contributed by atoms with Gasteiger partial charge in [0.15, 0.2) is 17.0 Å². The van der Waals surface area contributed by atoms with Gasteiger partial charge in [-0.25, -0.2) is 19.1 Å². The van der Waals surface area contributed by atoms with Gasteiger partial charge < -0.3 is 19.5 Å². The molecule has 0 bridgehead atoms. The number of methoxy groups -OCH3 is 3. The number of rotatable bonds is 6. The largest absolute Gasteiger partial charge is 0.497 e. The van der Waals surface area contributed by atoms with Crippen LogP contribution in [0.15, 0.2) is 30.3 Å². The van der Waals surface area contributed by atoms with Gasteiger partial charge in [0.25, 0.3) is 5.91 Å². The molecule has 0 saturated heterocycles. The average molecular weight is 583 g/mol. The standard InChI is InChI=1S/C24H18ClF3N4O6S/c1-10-15(22(34)37-3)21(39-18(10)23(35)38-4)30-20(33)17-16(25)19-29-13(11-6-5-7-12(8-11)36-2)9-14(24(26,27)28)32(19)31-17/h5-9H,1-4H3,(H,30,33). The van der Waals surface area contributed by atoms with Gasteiger partial charge in [0, 0.05) is 5.56 Å². The Bertz CT molecular complexity index is 1630. The molecule has 39 heavy (non-hydrogen) atoms. The number of hydrogen-bond donors (Lipinski definition) is 1. The molecule has 15 heteroatoms.